The molecule has 1 heterocycles. The van der Waals surface area contributed by atoms with Crippen molar-refractivity contribution in [1.82, 2.24) is 15.5 Å². The van der Waals surface area contributed by atoms with Crippen LogP contribution >= 0.6 is 0 Å². The van der Waals surface area contributed by atoms with E-state index in [0.717, 1.165) is 5.56 Å². The number of β-amino-alcohol motifs (C(OH)–C–C–N with tert-alkyl or cyclic N) is 1. The maximum atomic E-state index is 12.8. The van der Waals surface area contributed by atoms with Crippen LogP contribution < -0.4 is 10.6 Å². The highest BCUT2D eigenvalue weighted by Crippen LogP contribution is 2.06. The molecule has 2 rings (SSSR count). The van der Waals surface area contributed by atoms with Crippen molar-refractivity contribution >= 4 is 5.91 Å². The minimum atomic E-state index is -0.429. The molecule has 21 heavy (non-hydrogen) atoms. The van der Waals surface area contributed by atoms with E-state index in [1.807, 2.05) is 7.05 Å². The maximum absolute atomic E-state index is 12.8. The lowest BCUT2D eigenvalue weighted by Gasteiger charge is -2.18. The van der Waals surface area contributed by atoms with Crippen LogP contribution in [0, 0.1) is 5.82 Å². The fourth-order valence-corrected chi connectivity index (χ4v) is 2.39. The molecule has 1 aromatic carbocycles. The molecular formula is C15H22FN3O2. The molecule has 0 aliphatic carbocycles. The minimum Gasteiger partial charge on any atom is -0.392 e. The third kappa shape index (κ3) is 5.08. The number of hydrogen-bond acceptors (Lipinski definition) is 4. The summed E-state index contributed by atoms with van der Waals surface area (Å²) in [4.78, 5) is 13.9. The van der Waals surface area contributed by atoms with E-state index in [-0.39, 0.29) is 17.8 Å². The molecule has 2 atom stereocenters. The molecule has 1 aromatic rings. The second kappa shape index (κ2) is 7.49. The zero-order valence-corrected chi connectivity index (χ0v) is 12.2. The van der Waals surface area contributed by atoms with Gasteiger partial charge >= 0.3 is 0 Å². The van der Waals surface area contributed by atoms with E-state index < -0.39 is 6.10 Å². The number of amides is 1. The molecule has 0 spiro atoms. The molecular weight excluding hydrogens is 273 g/mol. The lowest BCUT2D eigenvalue weighted by molar-refractivity contribution is -0.122. The van der Waals surface area contributed by atoms with Crippen LogP contribution in [0.5, 0.6) is 0 Å². The fourth-order valence-electron chi connectivity index (χ4n) is 2.39. The normalized spacial score (nSPS) is 21.7. The number of nitrogens with zero attached hydrogens (tertiary/aromatic N) is 1. The van der Waals surface area contributed by atoms with Gasteiger partial charge in [-0.25, -0.2) is 4.39 Å². The number of benzene rings is 1. The van der Waals surface area contributed by atoms with Crippen LogP contribution in [0.25, 0.3) is 0 Å². The highest BCUT2D eigenvalue weighted by Gasteiger charge is 2.27. The number of halogens is 1. The van der Waals surface area contributed by atoms with Crippen LogP contribution in [0.1, 0.15) is 12.0 Å². The highest BCUT2D eigenvalue weighted by atomic mass is 19.1. The summed E-state index contributed by atoms with van der Waals surface area (Å²) in [6.07, 6.45) is 0.0407. The molecule has 0 radical (unpaired) electrons. The number of carbonyl (C=O) groups is 1. The molecule has 6 heteroatoms. The van der Waals surface area contributed by atoms with Gasteiger partial charge in [0.1, 0.15) is 5.82 Å². The Kier molecular flexibility index (Phi) is 5.67. The number of likely N-dealkylation sites (N-methyl/N-ethyl adjacent to an activating group) is 1. The van der Waals surface area contributed by atoms with Crippen molar-refractivity contribution in [3.8, 4) is 0 Å². The third-order valence-corrected chi connectivity index (χ3v) is 3.58. The first-order chi connectivity index (χ1) is 10.0. The second-order valence-electron chi connectivity index (χ2n) is 5.51. The Morgan fingerprint density at radius 3 is 2.81 bits per heavy atom. The summed E-state index contributed by atoms with van der Waals surface area (Å²) in [5.74, 6) is -0.304. The molecule has 0 aromatic heterocycles. The lowest BCUT2D eigenvalue weighted by Crippen LogP contribution is -2.42. The van der Waals surface area contributed by atoms with E-state index in [0.29, 0.717) is 32.6 Å². The van der Waals surface area contributed by atoms with Crippen molar-refractivity contribution in [2.75, 3.05) is 26.7 Å². The van der Waals surface area contributed by atoms with E-state index in [1.54, 1.807) is 12.1 Å². The van der Waals surface area contributed by atoms with Crippen LogP contribution in [0.2, 0.25) is 0 Å². The molecule has 116 valence electrons. The molecule has 1 saturated heterocycles. The van der Waals surface area contributed by atoms with Crippen molar-refractivity contribution in [2.24, 2.45) is 0 Å². The lowest BCUT2D eigenvalue weighted by atomic mass is 10.2. The van der Waals surface area contributed by atoms with Gasteiger partial charge in [-0.05, 0) is 31.2 Å². The van der Waals surface area contributed by atoms with Gasteiger partial charge in [0.05, 0.1) is 12.1 Å². The monoisotopic (exact) mass is 295 g/mol. The first-order valence-corrected chi connectivity index (χ1v) is 7.17. The first-order valence-electron chi connectivity index (χ1n) is 7.17. The zero-order chi connectivity index (χ0) is 15.2. The van der Waals surface area contributed by atoms with Gasteiger partial charge in [-0.3, -0.25) is 4.79 Å². The van der Waals surface area contributed by atoms with Gasteiger partial charge in [0, 0.05) is 26.2 Å². The molecule has 1 fully saturated rings. The number of carbonyl (C=O) groups excluding carboxylic acids is 1. The Bertz CT molecular complexity index is 466. The molecule has 1 amide bonds. The fraction of sp³-hybridized carbons (Fsp3) is 0.533. The molecule has 5 nitrogen and oxygen atoms in total. The van der Waals surface area contributed by atoms with Crippen LogP contribution in [0.3, 0.4) is 0 Å². The van der Waals surface area contributed by atoms with Crippen molar-refractivity contribution in [3.05, 3.63) is 35.6 Å². The topological polar surface area (TPSA) is 64.6 Å². The SMILES string of the molecule is CN(CCNC(=O)[C@@H]1C[C@@H](O)CN1)Cc1ccc(F)cc1. The largest absolute Gasteiger partial charge is 0.392 e. The molecule has 1 aliphatic heterocycles. The van der Waals surface area contributed by atoms with Crippen LogP contribution in [0.4, 0.5) is 4.39 Å². The van der Waals surface area contributed by atoms with Crippen molar-refractivity contribution in [3.63, 3.8) is 0 Å². The quantitative estimate of drug-likeness (QED) is 0.696. The molecule has 1 aliphatic rings. The summed E-state index contributed by atoms with van der Waals surface area (Å²) in [6.45, 7) is 2.43. The van der Waals surface area contributed by atoms with Crippen LogP contribution in [0.15, 0.2) is 24.3 Å². The maximum Gasteiger partial charge on any atom is 0.237 e. The van der Waals surface area contributed by atoms with Gasteiger partial charge in [-0.15, -0.1) is 0 Å². The van der Waals surface area contributed by atoms with E-state index in [1.165, 1.54) is 12.1 Å². The summed E-state index contributed by atoms with van der Waals surface area (Å²) in [5, 5.41) is 15.2. The van der Waals surface area contributed by atoms with Crippen molar-refractivity contribution in [1.29, 1.82) is 0 Å². The Hall–Kier alpha value is -1.50. The predicted molar refractivity (Wildman–Crippen MR) is 78.2 cm³/mol. The summed E-state index contributed by atoms with van der Waals surface area (Å²) >= 11 is 0. The minimum absolute atomic E-state index is 0.0678. The average molecular weight is 295 g/mol. The Labute approximate surface area is 124 Å². The Balaban J connectivity index is 1.66. The van der Waals surface area contributed by atoms with Crippen molar-refractivity contribution < 1.29 is 14.3 Å². The van der Waals surface area contributed by atoms with Gasteiger partial charge in [0.25, 0.3) is 0 Å². The number of rotatable bonds is 6. The van der Waals surface area contributed by atoms with Crippen LogP contribution in [-0.2, 0) is 11.3 Å². The number of aliphatic hydroxyl groups excluding tert-OH is 1. The van der Waals surface area contributed by atoms with Gasteiger partial charge in [-0.1, -0.05) is 12.1 Å². The third-order valence-electron chi connectivity index (χ3n) is 3.58. The summed E-state index contributed by atoms with van der Waals surface area (Å²) in [6, 6.07) is 6.12. The Morgan fingerprint density at radius 2 is 2.19 bits per heavy atom. The van der Waals surface area contributed by atoms with E-state index in [9.17, 15) is 14.3 Å². The summed E-state index contributed by atoms with van der Waals surface area (Å²) in [5.41, 5.74) is 1.03. The standard InChI is InChI=1S/C15H22FN3O2/c1-19(10-11-2-4-12(16)5-3-11)7-6-17-15(21)14-8-13(20)9-18-14/h2-5,13-14,18,20H,6-10H2,1H3,(H,17,21)/t13-,14+/m1/s1. The average Bonchev–Trinajstić information content (AvgIpc) is 2.88. The molecule has 0 unspecified atom stereocenters. The Morgan fingerprint density at radius 1 is 1.48 bits per heavy atom. The highest BCUT2D eigenvalue weighted by molar-refractivity contribution is 5.82. The van der Waals surface area contributed by atoms with Gasteiger partial charge in [0.2, 0.25) is 5.91 Å². The smallest absolute Gasteiger partial charge is 0.237 e. The van der Waals surface area contributed by atoms with E-state index in [2.05, 4.69) is 15.5 Å². The predicted octanol–water partition coefficient (Wildman–Crippen LogP) is 0.0965. The molecule has 3 N–H and O–H groups in total. The summed E-state index contributed by atoms with van der Waals surface area (Å²) < 4.78 is 12.8. The summed E-state index contributed by atoms with van der Waals surface area (Å²) in [7, 11) is 1.95. The van der Waals surface area contributed by atoms with Gasteiger partial charge in [0.15, 0.2) is 0 Å². The zero-order valence-electron chi connectivity index (χ0n) is 12.2. The van der Waals surface area contributed by atoms with Gasteiger partial charge < -0.3 is 20.6 Å². The number of aliphatic hydroxyl groups is 1. The number of hydrogen-bond donors (Lipinski definition) is 3. The van der Waals surface area contributed by atoms with Crippen molar-refractivity contribution in [2.45, 2.75) is 25.1 Å². The van der Waals surface area contributed by atoms with Gasteiger partial charge in [-0.2, -0.15) is 0 Å². The first kappa shape index (κ1) is 15.9. The second-order valence-corrected chi connectivity index (χ2v) is 5.51. The van der Waals surface area contributed by atoms with Crippen LogP contribution in [-0.4, -0.2) is 54.7 Å². The molecule has 0 bridgehead atoms. The van der Waals surface area contributed by atoms with E-state index >= 15 is 0 Å². The molecule has 0 saturated carbocycles. The van der Waals surface area contributed by atoms with E-state index in [4.69, 9.17) is 0 Å². The number of nitrogens with one attached hydrogen (secondary N) is 2.